The van der Waals surface area contributed by atoms with Crippen LogP contribution in [0.25, 0.3) is 10.8 Å². The number of pyridine rings is 1. The van der Waals surface area contributed by atoms with Gasteiger partial charge in [0.25, 0.3) is 5.91 Å². The molecule has 1 saturated heterocycles. The minimum Gasteiger partial charge on any atom is -0.348 e. The standard InChI is InChI=1S/C15H17N3O/c19-15(18-12-4-2-7-16-10-12)14-5-1-3-11-9-17-8-6-13(11)14/h1,3,5-6,8-9,12,16H,2,4,7,10H2,(H,18,19). The van der Waals surface area contributed by atoms with Crippen molar-refractivity contribution in [3.8, 4) is 0 Å². The van der Waals surface area contributed by atoms with Gasteiger partial charge in [0.05, 0.1) is 0 Å². The number of hydrogen-bond acceptors (Lipinski definition) is 3. The minimum absolute atomic E-state index is 0.00509. The van der Waals surface area contributed by atoms with E-state index in [1.165, 1.54) is 0 Å². The number of rotatable bonds is 2. The number of benzene rings is 1. The second kappa shape index (κ2) is 5.36. The molecule has 0 aliphatic carbocycles. The summed E-state index contributed by atoms with van der Waals surface area (Å²) in [6, 6.07) is 7.87. The maximum Gasteiger partial charge on any atom is 0.252 e. The van der Waals surface area contributed by atoms with Crippen LogP contribution in [0.2, 0.25) is 0 Å². The molecule has 1 amide bonds. The molecule has 1 aliphatic heterocycles. The molecule has 98 valence electrons. The highest BCUT2D eigenvalue weighted by molar-refractivity contribution is 6.06. The van der Waals surface area contributed by atoms with Crippen LogP contribution < -0.4 is 10.6 Å². The van der Waals surface area contributed by atoms with E-state index in [2.05, 4.69) is 15.6 Å². The van der Waals surface area contributed by atoms with Crippen LogP contribution in [-0.4, -0.2) is 30.0 Å². The molecule has 1 unspecified atom stereocenters. The monoisotopic (exact) mass is 255 g/mol. The first-order valence-electron chi connectivity index (χ1n) is 6.69. The Bertz CT molecular complexity index is 585. The maximum atomic E-state index is 12.4. The lowest BCUT2D eigenvalue weighted by atomic mass is 10.0. The van der Waals surface area contributed by atoms with Gasteiger partial charge in [0.1, 0.15) is 0 Å². The maximum absolute atomic E-state index is 12.4. The quantitative estimate of drug-likeness (QED) is 0.859. The van der Waals surface area contributed by atoms with Gasteiger partial charge in [-0.3, -0.25) is 9.78 Å². The molecule has 1 aromatic heterocycles. The van der Waals surface area contributed by atoms with Crippen molar-refractivity contribution in [3.05, 3.63) is 42.2 Å². The van der Waals surface area contributed by atoms with Gasteiger partial charge < -0.3 is 10.6 Å². The number of carbonyl (C=O) groups is 1. The van der Waals surface area contributed by atoms with Gasteiger partial charge in [0, 0.05) is 35.9 Å². The third-order valence-electron chi connectivity index (χ3n) is 3.56. The van der Waals surface area contributed by atoms with Crippen LogP contribution in [0.1, 0.15) is 23.2 Å². The van der Waals surface area contributed by atoms with Gasteiger partial charge in [0.2, 0.25) is 0 Å². The minimum atomic E-state index is 0.00509. The molecule has 0 saturated carbocycles. The lowest BCUT2D eigenvalue weighted by Gasteiger charge is -2.24. The molecule has 3 rings (SSSR count). The lowest BCUT2D eigenvalue weighted by Crippen LogP contribution is -2.45. The van der Waals surface area contributed by atoms with Crippen molar-refractivity contribution < 1.29 is 4.79 Å². The zero-order valence-corrected chi connectivity index (χ0v) is 10.7. The summed E-state index contributed by atoms with van der Waals surface area (Å²) < 4.78 is 0. The number of nitrogens with zero attached hydrogens (tertiary/aromatic N) is 1. The first kappa shape index (κ1) is 12.1. The number of fused-ring (bicyclic) bond motifs is 1. The Labute approximate surface area is 112 Å². The SMILES string of the molecule is O=C(NC1CCCNC1)c1cccc2cnccc12. The first-order valence-corrected chi connectivity index (χ1v) is 6.69. The van der Waals surface area contributed by atoms with Gasteiger partial charge >= 0.3 is 0 Å². The van der Waals surface area contributed by atoms with Gasteiger partial charge in [-0.1, -0.05) is 12.1 Å². The third kappa shape index (κ3) is 2.58. The molecule has 19 heavy (non-hydrogen) atoms. The van der Waals surface area contributed by atoms with Crippen LogP contribution in [-0.2, 0) is 0 Å². The predicted octanol–water partition coefficient (Wildman–Crippen LogP) is 1.72. The summed E-state index contributed by atoms with van der Waals surface area (Å²) in [6.45, 7) is 1.91. The summed E-state index contributed by atoms with van der Waals surface area (Å²) in [5, 5.41) is 8.36. The summed E-state index contributed by atoms with van der Waals surface area (Å²) in [4.78, 5) is 16.5. The zero-order valence-electron chi connectivity index (χ0n) is 10.7. The summed E-state index contributed by atoms with van der Waals surface area (Å²) in [5.74, 6) is 0.00509. The summed E-state index contributed by atoms with van der Waals surface area (Å²) >= 11 is 0. The molecule has 1 aromatic carbocycles. The lowest BCUT2D eigenvalue weighted by molar-refractivity contribution is 0.0932. The Morgan fingerprint density at radius 3 is 3.16 bits per heavy atom. The van der Waals surface area contributed by atoms with Crippen molar-refractivity contribution >= 4 is 16.7 Å². The Kier molecular flexibility index (Phi) is 3.42. The largest absolute Gasteiger partial charge is 0.348 e. The molecular formula is C15H17N3O. The Morgan fingerprint density at radius 2 is 2.32 bits per heavy atom. The fourth-order valence-corrected chi connectivity index (χ4v) is 2.56. The fraction of sp³-hybridized carbons (Fsp3) is 0.333. The average molecular weight is 255 g/mol. The highest BCUT2D eigenvalue weighted by Crippen LogP contribution is 2.17. The normalized spacial score (nSPS) is 19.3. The Morgan fingerprint density at radius 1 is 1.37 bits per heavy atom. The molecule has 4 heteroatoms. The molecule has 2 heterocycles. The average Bonchev–Trinajstić information content (AvgIpc) is 2.47. The van der Waals surface area contributed by atoms with Crippen LogP contribution in [0.4, 0.5) is 0 Å². The van der Waals surface area contributed by atoms with Crippen LogP contribution >= 0.6 is 0 Å². The van der Waals surface area contributed by atoms with E-state index in [0.29, 0.717) is 0 Å². The van der Waals surface area contributed by atoms with Gasteiger partial charge in [0.15, 0.2) is 0 Å². The number of nitrogens with one attached hydrogen (secondary N) is 2. The highest BCUT2D eigenvalue weighted by Gasteiger charge is 2.17. The molecule has 2 N–H and O–H groups in total. The third-order valence-corrected chi connectivity index (χ3v) is 3.56. The fourth-order valence-electron chi connectivity index (χ4n) is 2.56. The van der Waals surface area contributed by atoms with E-state index in [4.69, 9.17) is 0 Å². The summed E-state index contributed by atoms with van der Waals surface area (Å²) in [5.41, 5.74) is 0.727. The Balaban J connectivity index is 1.85. The molecule has 1 atom stereocenters. The zero-order chi connectivity index (χ0) is 13.1. The van der Waals surface area contributed by atoms with Gasteiger partial charge in [-0.05, 0) is 36.9 Å². The van der Waals surface area contributed by atoms with Crippen molar-refractivity contribution in [3.63, 3.8) is 0 Å². The molecule has 0 radical (unpaired) electrons. The van der Waals surface area contributed by atoms with Crippen molar-refractivity contribution in [1.29, 1.82) is 0 Å². The van der Waals surface area contributed by atoms with Crippen molar-refractivity contribution in [2.75, 3.05) is 13.1 Å². The van der Waals surface area contributed by atoms with E-state index in [1.807, 2.05) is 24.3 Å². The summed E-state index contributed by atoms with van der Waals surface area (Å²) in [7, 11) is 0. The van der Waals surface area contributed by atoms with Crippen LogP contribution in [0.5, 0.6) is 0 Å². The predicted molar refractivity (Wildman–Crippen MR) is 75.1 cm³/mol. The van der Waals surface area contributed by atoms with Crippen molar-refractivity contribution in [2.45, 2.75) is 18.9 Å². The molecule has 1 fully saturated rings. The van der Waals surface area contributed by atoms with E-state index in [1.54, 1.807) is 12.4 Å². The second-order valence-corrected chi connectivity index (χ2v) is 4.92. The topological polar surface area (TPSA) is 54.0 Å². The van der Waals surface area contributed by atoms with E-state index in [9.17, 15) is 4.79 Å². The number of carbonyl (C=O) groups excluding carboxylic acids is 1. The molecule has 2 aromatic rings. The van der Waals surface area contributed by atoms with Crippen molar-refractivity contribution in [1.82, 2.24) is 15.6 Å². The molecular weight excluding hydrogens is 238 g/mol. The number of hydrogen-bond donors (Lipinski definition) is 2. The number of amides is 1. The van der Waals surface area contributed by atoms with E-state index in [0.717, 1.165) is 42.3 Å². The number of aromatic nitrogens is 1. The van der Waals surface area contributed by atoms with E-state index < -0.39 is 0 Å². The van der Waals surface area contributed by atoms with Crippen molar-refractivity contribution in [2.24, 2.45) is 0 Å². The van der Waals surface area contributed by atoms with Gasteiger partial charge in [-0.2, -0.15) is 0 Å². The van der Waals surface area contributed by atoms with Gasteiger partial charge in [-0.25, -0.2) is 0 Å². The van der Waals surface area contributed by atoms with Crippen LogP contribution in [0.15, 0.2) is 36.7 Å². The molecule has 0 bridgehead atoms. The molecule has 1 aliphatic rings. The smallest absolute Gasteiger partial charge is 0.252 e. The first-order chi connectivity index (χ1) is 9.34. The Hall–Kier alpha value is -1.94. The van der Waals surface area contributed by atoms with E-state index in [-0.39, 0.29) is 11.9 Å². The van der Waals surface area contributed by atoms with Crippen LogP contribution in [0, 0.1) is 0 Å². The van der Waals surface area contributed by atoms with Crippen LogP contribution in [0.3, 0.4) is 0 Å². The highest BCUT2D eigenvalue weighted by atomic mass is 16.1. The number of piperidine rings is 1. The molecule has 0 spiro atoms. The molecule has 4 nitrogen and oxygen atoms in total. The van der Waals surface area contributed by atoms with E-state index >= 15 is 0 Å². The second-order valence-electron chi connectivity index (χ2n) is 4.92. The van der Waals surface area contributed by atoms with Gasteiger partial charge in [-0.15, -0.1) is 0 Å². The summed E-state index contributed by atoms with van der Waals surface area (Å²) in [6.07, 6.45) is 5.67.